The van der Waals surface area contributed by atoms with Crippen molar-refractivity contribution in [1.82, 2.24) is 15.1 Å². The third-order valence-electron chi connectivity index (χ3n) is 4.18. The molecule has 2 N–H and O–H groups in total. The highest BCUT2D eigenvalue weighted by Crippen LogP contribution is 2.32. The summed E-state index contributed by atoms with van der Waals surface area (Å²) in [5.74, 6) is 0.893. The molecule has 0 aliphatic carbocycles. The van der Waals surface area contributed by atoms with E-state index in [9.17, 15) is 5.11 Å². The van der Waals surface area contributed by atoms with Gasteiger partial charge in [-0.25, -0.2) is 0 Å². The molecule has 23 heavy (non-hydrogen) atoms. The van der Waals surface area contributed by atoms with Gasteiger partial charge in [0.15, 0.2) is 0 Å². The van der Waals surface area contributed by atoms with Crippen molar-refractivity contribution in [2.45, 2.75) is 25.8 Å². The molecule has 5 nitrogen and oxygen atoms in total. The number of likely N-dealkylation sites (N-methyl/N-ethyl adjacent to an activating group) is 1. The Balaban J connectivity index is 1.80. The molecule has 1 fully saturated rings. The lowest BCUT2D eigenvalue weighted by atomic mass is 10.1. The van der Waals surface area contributed by atoms with Crippen molar-refractivity contribution in [3.05, 3.63) is 34.9 Å². The molecule has 0 radical (unpaired) electrons. The number of halogens is 1. The summed E-state index contributed by atoms with van der Waals surface area (Å²) in [4.78, 5) is 2.32. The van der Waals surface area contributed by atoms with E-state index in [0.29, 0.717) is 22.3 Å². The van der Waals surface area contributed by atoms with Crippen molar-refractivity contribution in [1.29, 1.82) is 0 Å². The average molecular weight is 333 g/mol. The van der Waals surface area contributed by atoms with Crippen LogP contribution in [0.15, 0.2) is 24.3 Å². The van der Waals surface area contributed by atoms with E-state index in [1.165, 1.54) is 12.5 Å². The number of aromatic nitrogens is 2. The number of likely N-dealkylation sites (tertiary alicyclic amines) is 1. The van der Waals surface area contributed by atoms with Gasteiger partial charge in [0.25, 0.3) is 0 Å². The van der Waals surface area contributed by atoms with Gasteiger partial charge >= 0.3 is 0 Å². The van der Waals surface area contributed by atoms with Crippen LogP contribution in [0.3, 0.4) is 0 Å². The molecule has 1 aliphatic rings. The molecule has 1 saturated heterocycles. The summed E-state index contributed by atoms with van der Waals surface area (Å²) in [5, 5.41) is 22.6. The van der Waals surface area contributed by atoms with Gasteiger partial charge in [0.05, 0.1) is 5.69 Å². The van der Waals surface area contributed by atoms with Gasteiger partial charge in [-0.2, -0.15) is 0 Å². The molecular weight excluding hydrogens is 312 g/mol. The van der Waals surface area contributed by atoms with Crippen LogP contribution in [0.4, 0.5) is 5.82 Å². The quantitative estimate of drug-likeness (QED) is 0.903. The minimum absolute atomic E-state index is 0.115. The van der Waals surface area contributed by atoms with E-state index in [1.54, 1.807) is 12.1 Å². The molecule has 2 aromatic rings. The summed E-state index contributed by atoms with van der Waals surface area (Å²) in [6.45, 7) is 4.13. The lowest BCUT2D eigenvalue weighted by Gasteiger charge is -2.30. The monoisotopic (exact) mass is 332 g/mol. The van der Waals surface area contributed by atoms with Crippen LogP contribution in [0.25, 0.3) is 11.3 Å². The number of nitrogens with one attached hydrogen (secondary N) is 1. The molecule has 122 valence electrons. The molecule has 1 aromatic carbocycles. The summed E-state index contributed by atoms with van der Waals surface area (Å²) < 4.78 is 0. The number of nitrogens with zero attached hydrogens (tertiary/aromatic N) is 3. The van der Waals surface area contributed by atoms with Crippen LogP contribution in [0, 0.1) is 6.92 Å². The van der Waals surface area contributed by atoms with E-state index in [-0.39, 0.29) is 5.75 Å². The molecule has 1 aromatic heterocycles. The normalized spacial score (nSPS) is 18.8. The van der Waals surface area contributed by atoms with Gasteiger partial charge in [0.2, 0.25) is 0 Å². The molecule has 3 rings (SSSR count). The van der Waals surface area contributed by atoms with Crippen molar-refractivity contribution in [2.24, 2.45) is 0 Å². The molecule has 0 unspecified atom stereocenters. The Hall–Kier alpha value is -1.85. The highest BCUT2D eigenvalue weighted by atomic mass is 35.5. The first-order valence-electron chi connectivity index (χ1n) is 7.81. The zero-order valence-corrected chi connectivity index (χ0v) is 14.1. The molecule has 0 amide bonds. The smallest absolute Gasteiger partial charge is 0.149 e. The number of aryl methyl sites for hydroxylation is 1. The maximum absolute atomic E-state index is 10.1. The minimum Gasteiger partial charge on any atom is -0.507 e. The standard InChI is InChI=1S/C17H21ClN4O/c1-11-8-16(19-13-4-3-7-22(2)10-13)20-21-17(11)14-6-5-12(18)9-15(14)23/h5-6,8-9,13,23H,3-4,7,10H2,1-2H3,(H,19,20)/t13-/m1/s1. The van der Waals surface area contributed by atoms with E-state index in [4.69, 9.17) is 11.6 Å². The highest BCUT2D eigenvalue weighted by Gasteiger charge is 2.18. The molecular formula is C17H21ClN4O. The van der Waals surface area contributed by atoms with Gasteiger partial charge in [-0.05, 0) is 63.2 Å². The van der Waals surface area contributed by atoms with Crippen LogP contribution < -0.4 is 5.32 Å². The number of anilines is 1. The molecule has 0 bridgehead atoms. The second-order valence-electron chi connectivity index (χ2n) is 6.17. The van der Waals surface area contributed by atoms with Gasteiger partial charge < -0.3 is 15.3 Å². The topological polar surface area (TPSA) is 61.3 Å². The number of rotatable bonds is 3. The Labute approximate surface area is 141 Å². The predicted octanol–water partition coefficient (Wildman–Crippen LogP) is 3.32. The van der Waals surface area contributed by atoms with Crippen LogP contribution in [0.5, 0.6) is 5.75 Å². The zero-order chi connectivity index (χ0) is 16.4. The lowest BCUT2D eigenvalue weighted by molar-refractivity contribution is 0.260. The first kappa shape index (κ1) is 16.0. The van der Waals surface area contributed by atoms with E-state index in [2.05, 4.69) is 27.5 Å². The van der Waals surface area contributed by atoms with Crippen molar-refractivity contribution in [3.63, 3.8) is 0 Å². The van der Waals surface area contributed by atoms with Crippen molar-refractivity contribution >= 4 is 17.4 Å². The zero-order valence-electron chi connectivity index (χ0n) is 13.4. The third-order valence-corrected chi connectivity index (χ3v) is 4.41. The van der Waals surface area contributed by atoms with Crippen molar-refractivity contribution in [2.75, 3.05) is 25.5 Å². The summed E-state index contributed by atoms with van der Waals surface area (Å²) in [7, 11) is 2.14. The van der Waals surface area contributed by atoms with E-state index < -0.39 is 0 Å². The van der Waals surface area contributed by atoms with E-state index in [1.807, 2.05) is 13.0 Å². The van der Waals surface area contributed by atoms with Crippen molar-refractivity contribution < 1.29 is 5.11 Å². The van der Waals surface area contributed by atoms with Crippen LogP contribution in [0.1, 0.15) is 18.4 Å². The maximum atomic E-state index is 10.1. The Kier molecular flexibility index (Phi) is 4.68. The minimum atomic E-state index is 0.115. The average Bonchev–Trinajstić information content (AvgIpc) is 2.48. The number of aromatic hydroxyl groups is 1. The van der Waals surface area contributed by atoms with Crippen LogP contribution in [-0.4, -0.2) is 46.4 Å². The van der Waals surface area contributed by atoms with Crippen LogP contribution in [0.2, 0.25) is 5.02 Å². The fraction of sp³-hybridized carbons (Fsp3) is 0.412. The number of hydrogen-bond donors (Lipinski definition) is 2. The summed E-state index contributed by atoms with van der Waals surface area (Å²) in [6, 6.07) is 7.39. The number of phenolic OH excluding ortho intramolecular Hbond substituents is 1. The van der Waals surface area contributed by atoms with Gasteiger partial charge in [-0.15, -0.1) is 10.2 Å². The second kappa shape index (κ2) is 6.72. The SMILES string of the molecule is Cc1cc(N[C@@H]2CCCN(C)C2)nnc1-c1ccc(Cl)cc1O. The first-order valence-corrected chi connectivity index (χ1v) is 8.19. The number of hydrogen-bond acceptors (Lipinski definition) is 5. The number of piperidine rings is 1. The molecule has 0 spiro atoms. The van der Waals surface area contributed by atoms with Gasteiger partial charge in [-0.1, -0.05) is 11.6 Å². The van der Waals surface area contributed by atoms with Crippen LogP contribution >= 0.6 is 11.6 Å². The van der Waals surface area contributed by atoms with Crippen LogP contribution in [-0.2, 0) is 0 Å². The Bertz CT molecular complexity index is 707. The predicted molar refractivity (Wildman–Crippen MR) is 93.0 cm³/mol. The largest absolute Gasteiger partial charge is 0.507 e. The Morgan fingerprint density at radius 1 is 1.30 bits per heavy atom. The second-order valence-corrected chi connectivity index (χ2v) is 6.60. The van der Waals surface area contributed by atoms with Gasteiger partial charge in [0, 0.05) is 23.2 Å². The molecule has 0 saturated carbocycles. The Morgan fingerprint density at radius 2 is 2.13 bits per heavy atom. The third kappa shape index (κ3) is 3.74. The van der Waals surface area contributed by atoms with Gasteiger partial charge in [0.1, 0.15) is 11.6 Å². The number of benzene rings is 1. The maximum Gasteiger partial charge on any atom is 0.149 e. The summed E-state index contributed by atoms with van der Waals surface area (Å²) in [6.07, 6.45) is 2.34. The fourth-order valence-electron chi connectivity index (χ4n) is 3.02. The first-order chi connectivity index (χ1) is 11.0. The molecule has 1 aliphatic heterocycles. The summed E-state index contributed by atoms with van der Waals surface area (Å²) >= 11 is 5.88. The number of phenols is 1. The fourth-order valence-corrected chi connectivity index (χ4v) is 3.19. The van der Waals surface area contributed by atoms with E-state index in [0.717, 1.165) is 30.9 Å². The summed E-state index contributed by atoms with van der Waals surface area (Å²) in [5.41, 5.74) is 2.28. The van der Waals surface area contributed by atoms with Gasteiger partial charge in [-0.3, -0.25) is 0 Å². The van der Waals surface area contributed by atoms with Crippen molar-refractivity contribution in [3.8, 4) is 17.0 Å². The Morgan fingerprint density at radius 3 is 2.83 bits per heavy atom. The van der Waals surface area contributed by atoms with E-state index >= 15 is 0 Å². The highest BCUT2D eigenvalue weighted by molar-refractivity contribution is 6.30. The molecule has 2 heterocycles. The molecule has 1 atom stereocenters. The lowest BCUT2D eigenvalue weighted by Crippen LogP contribution is -2.39. The molecule has 6 heteroatoms.